The Morgan fingerprint density at radius 3 is 2.87 bits per heavy atom. The largest absolute Gasteiger partial charge is 0.321 e. The molecule has 0 fully saturated rings. The van der Waals surface area contributed by atoms with Gasteiger partial charge in [0, 0.05) is 11.6 Å². The Labute approximate surface area is 90.5 Å². The molecule has 0 saturated carbocycles. The Hall–Kier alpha value is -1.12. The number of rotatable bonds is 2. The maximum atomic E-state index is 11.1. The lowest BCUT2D eigenvalue weighted by Gasteiger charge is -2.24. The van der Waals surface area contributed by atoms with Crippen molar-refractivity contribution in [2.24, 2.45) is 0 Å². The predicted octanol–water partition coefficient (Wildman–Crippen LogP) is 2.39. The molecule has 1 aliphatic rings. The molecule has 0 aromatic carbocycles. The van der Waals surface area contributed by atoms with Crippen molar-refractivity contribution in [2.45, 2.75) is 52.0 Å². The molecule has 0 spiro atoms. The molecule has 1 atom stereocenters. The van der Waals surface area contributed by atoms with E-state index < -0.39 is 0 Å². The summed E-state index contributed by atoms with van der Waals surface area (Å²) in [4.78, 5) is 15.7. The molecule has 0 radical (unpaired) electrons. The van der Waals surface area contributed by atoms with Crippen LogP contribution in [0.25, 0.3) is 0 Å². The molecule has 82 valence electrons. The zero-order chi connectivity index (χ0) is 11.0. The average Bonchev–Trinajstić information content (AvgIpc) is 2.56. The van der Waals surface area contributed by atoms with Crippen molar-refractivity contribution in [1.82, 2.24) is 9.55 Å². The number of fused-ring (bicyclic) bond motifs is 1. The Morgan fingerprint density at radius 2 is 2.27 bits per heavy atom. The lowest BCUT2D eigenvalue weighted by Crippen LogP contribution is -2.21. The summed E-state index contributed by atoms with van der Waals surface area (Å²) in [5, 5.41) is 0. The van der Waals surface area contributed by atoms with E-state index >= 15 is 0 Å². The third-order valence-corrected chi connectivity index (χ3v) is 3.16. The fraction of sp³-hybridized carbons (Fsp3) is 0.667. The van der Waals surface area contributed by atoms with Gasteiger partial charge in [0.05, 0.1) is 11.7 Å². The molecule has 1 aromatic rings. The summed E-state index contributed by atoms with van der Waals surface area (Å²) in [6.45, 7) is 6.31. The van der Waals surface area contributed by atoms with E-state index in [0.29, 0.717) is 5.92 Å². The zero-order valence-corrected chi connectivity index (χ0v) is 9.66. The fourth-order valence-corrected chi connectivity index (χ4v) is 2.42. The summed E-state index contributed by atoms with van der Waals surface area (Å²) >= 11 is 0. The molecule has 0 saturated heterocycles. The summed E-state index contributed by atoms with van der Waals surface area (Å²) in [5.74, 6) is 1.46. The molecule has 1 unspecified atom stereocenters. The van der Waals surface area contributed by atoms with E-state index in [9.17, 15) is 4.79 Å². The third-order valence-electron chi connectivity index (χ3n) is 3.16. The summed E-state index contributed by atoms with van der Waals surface area (Å²) in [5.41, 5.74) is 2.37. The van der Waals surface area contributed by atoms with Gasteiger partial charge in [0.15, 0.2) is 0 Å². The normalized spacial score (nSPS) is 20.4. The molecule has 0 amide bonds. The molecule has 0 N–H and O–H groups in total. The highest BCUT2D eigenvalue weighted by Gasteiger charge is 2.25. The number of hydrogen-bond acceptors (Lipinski definition) is 2. The highest BCUT2D eigenvalue weighted by Crippen LogP contribution is 2.30. The molecule has 15 heavy (non-hydrogen) atoms. The number of hydrogen-bond donors (Lipinski definition) is 0. The van der Waals surface area contributed by atoms with Crippen LogP contribution in [-0.4, -0.2) is 15.8 Å². The van der Waals surface area contributed by atoms with Gasteiger partial charge in [-0.15, -0.1) is 0 Å². The van der Waals surface area contributed by atoms with Crippen molar-refractivity contribution < 1.29 is 4.79 Å². The first-order valence-electron chi connectivity index (χ1n) is 5.68. The van der Waals surface area contributed by atoms with E-state index in [2.05, 4.69) is 23.4 Å². The second-order valence-electron chi connectivity index (χ2n) is 4.62. The maximum Gasteiger partial charge on any atom is 0.142 e. The van der Waals surface area contributed by atoms with Crippen molar-refractivity contribution >= 4 is 6.29 Å². The SMILES string of the molecule is Cc1nc(C(C)C)n2c1CCCC2C=O. The highest BCUT2D eigenvalue weighted by atomic mass is 16.1. The van der Waals surface area contributed by atoms with Crippen molar-refractivity contribution in [1.29, 1.82) is 0 Å². The summed E-state index contributed by atoms with van der Waals surface area (Å²) < 4.78 is 2.16. The standard InChI is InChI=1S/C12H18N2O/c1-8(2)12-13-9(3)11-6-4-5-10(7-15)14(11)12/h7-8,10H,4-6H2,1-3H3. The van der Waals surface area contributed by atoms with Crippen LogP contribution in [0.5, 0.6) is 0 Å². The van der Waals surface area contributed by atoms with Gasteiger partial charge in [-0.3, -0.25) is 0 Å². The minimum Gasteiger partial charge on any atom is -0.321 e. The molecule has 0 bridgehead atoms. The number of aldehydes is 1. The first kappa shape index (κ1) is 10.4. The molecule has 1 aromatic heterocycles. The number of aryl methyl sites for hydroxylation is 1. The van der Waals surface area contributed by atoms with Crippen LogP contribution in [0, 0.1) is 6.92 Å². The Kier molecular flexibility index (Phi) is 2.63. The van der Waals surface area contributed by atoms with Crippen molar-refractivity contribution in [2.75, 3.05) is 0 Å². The van der Waals surface area contributed by atoms with E-state index in [4.69, 9.17) is 0 Å². The van der Waals surface area contributed by atoms with Gasteiger partial charge in [-0.25, -0.2) is 4.98 Å². The summed E-state index contributed by atoms with van der Waals surface area (Å²) in [7, 11) is 0. The second kappa shape index (κ2) is 3.80. The van der Waals surface area contributed by atoms with Crippen LogP contribution in [0.3, 0.4) is 0 Å². The van der Waals surface area contributed by atoms with Crippen LogP contribution >= 0.6 is 0 Å². The van der Waals surface area contributed by atoms with Crippen LogP contribution in [-0.2, 0) is 11.2 Å². The average molecular weight is 206 g/mol. The maximum absolute atomic E-state index is 11.1. The molecular weight excluding hydrogens is 188 g/mol. The molecule has 3 heteroatoms. The molecule has 0 aliphatic carbocycles. The van der Waals surface area contributed by atoms with Gasteiger partial charge < -0.3 is 9.36 Å². The van der Waals surface area contributed by atoms with Gasteiger partial charge >= 0.3 is 0 Å². The van der Waals surface area contributed by atoms with E-state index in [1.807, 2.05) is 6.92 Å². The number of imidazole rings is 1. The number of carbonyl (C=O) groups is 1. The highest BCUT2D eigenvalue weighted by molar-refractivity contribution is 5.57. The Bertz CT molecular complexity index is 379. The van der Waals surface area contributed by atoms with E-state index in [1.165, 1.54) is 5.69 Å². The lowest BCUT2D eigenvalue weighted by atomic mass is 10.0. The van der Waals surface area contributed by atoms with Crippen molar-refractivity contribution in [3.63, 3.8) is 0 Å². The molecular formula is C12H18N2O. The zero-order valence-electron chi connectivity index (χ0n) is 9.66. The first-order valence-corrected chi connectivity index (χ1v) is 5.68. The van der Waals surface area contributed by atoms with Gasteiger partial charge in [0.25, 0.3) is 0 Å². The van der Waals surface area contributed by atoms with Crippen LogP contribution in [0.2, 0.25) is 0 Å². The Balaban J connectivity index is 2.55. The first-order chi connectivity index (χ1) is 7.15. The van der Waals surface area contributed by atoms with Crippen molar-refractivity contribution in [3.8, 4) is 0 Å². The van der Waals surface area contributed by atoms with E-state index in [1.54, 1.807) is 0 Å². The van der Waals surface area contributed by atoms with Gasteiger partial charge in [0.2, 0.25) is 0 Å². The van der Waals surface area contributed by atoms with Crippen molar-refractivity contribution in [3.05, 3.63) is 17.2 Å². The minimum atomic E-state index is 0.0207. The fourth-order valence-electron chi connectivity index (χ4n) is 2.42. The van der Waals surface area contributed by atoms with Crippen LogP contribution in [0.1, 0.15) is 55.9 Å². The summed E-state index contributed by atoms with van der Waals surface area (Å²) in [6.07, 6.45) is 4.20. The van der Waals surface area contributed by atoms with Gasteiger partial charge in [-0.1, -0.05) is 13.8 Å². The van der Waals surface area contributed by atoms with Gasteiger partial charge in [-0.05, 0) is 26.2 Å². The molecule has 1 aliphatic heterocycles. The number of aromatic nitrogens is 2. The lowest BCUT2D eigenvalue weighted by molar-refractivity contribution is -0.111. The predicted molar refractivity (Wildman–Crippen MR) is 59.1 cm³/mol. The van der Waals surface area contributed by atoms with Crippen LogP contribution in [0.15, 0.2) is 0 Å². The number of nitrogens with zero attached hydrogens (tertiary/aromatic N) is 2. The smallest absolute Gasteiger partial charge is 0.142 e. The van der Waals surface area contributed by atoms with Gasteiger partial charge in [-0.2, -0.15) is 0 Å². The van der Waals surface area contributed by atoms with E-state index in [0.717, 1.165) is 37.1 Å². The monoisotopic (exact) mass is 206 g/mol. The number of carbonyl (C=O) groups excluding carboxylic acids is 1. The van der Waals surface area contributed by atoms with Crippen LogP contribution < -0.4 is 0 Å². The summed E-state index contributed by atoms with van der Waals surface area (Å²) in [6, 6.07) is 0.0207. The molecule has 2 heterocycles. The van der Waals surface area contributed by atoms with Gasteiger partial charge in [0.1, 0.15) is 12.1 Å². The molecule has 2 rings (SSSR count). The van der Waals surface area contributed by atoms with E-state index in [-0.39, 0.29) is 6.04 Å². The third kappa shape index (κ3) is 1.60. The van der Waals surface area contributed by atoms with Crippen LogP contribution in [0.4, 0.5) is 0 Å². The Morgan fingerprint density at radius 1 is 1.53 bits per heavy atom. The molecule has 3 nitrogen and oxygen atoms in total. The minimum absolute atomic E-state index is 0.0207. The topological polar surface area (TPSA) is 34.9 Å². The quantitative estimate of drug-likeness (QED) is 0.696. The second-order valence-corrected chi connectivity index (χ2v) is 4.62.